The largest absolute Gasteiger partial charge is 0.461 e. The number of hydrogen-bond donors (Lipinski definition) is 1. The molecule has 1 atom stereocenters. The molecule has 0 saturated carbocycles. The van der Waals surface area contributed by atoms with Crippen LogP contribution in [0.25, 0.3) is 0 Å². The summed E-state index contributed by atoms with van der Waals surface area (Å²) >= 11 is -0.935. The monoisotopic (exact) mass is 704 g/mol. The Balaban J connectivity index is 2.20. The number of halogens is 14. The van der Waals surface area contributed by atoms with Gasteiger partial charge in [-0.2, -0.15) is 61.5 Å². The zero-order valence-electron chi connectivity index (χ0n) is 19.8. The molecule has 43 heavy (non-hydrogen) atoms. The lowest BCUT2D eigenvalue weighted by Gasteiger charge is -2.27. The van der Waals surface area contributed by atoms with Crippen molar-refractivity contribution in [2.45, 2.75) is 49.4 Å². The van der Waals surface area contributed by atoms with Crippen LogP contribution in [-0.4, -0.2) is 55.5 Å². The second-order valence-corrected chi connectivity index (χ2v) is 11.5. The Morgan fingerprint density at radius 2 is 1.40 bits per heavy atom. The average Bonchev–Trinajstić information content (AvgIpc) is 2.85. The molecule has 240 valence electrons. The summed E-state index contributed by atoms with van der Waals surface area (Å²) in [5, 5.41) is 1.38. The first kappa shape index (κ1) is 36.4. The van der Waals surface area contributed by atoms with E-state index in [4.69, 9.17) is 0 Å². The number of nitrogens with zero attached hydrogens (tertiary/aromatic N) is 1. The van der Waals surface area contributed by atoms with E-state index in [0.29, 0.717) is 24.3 Å². The lowest BCUT2D eigenvalue weighted by Crippen LogP contribution is -2.54. The number of carbonyl (C=O) groups is 1. The molecule has 0 radical (unpaired) electrons. The quantitative estimate of drug-likeness (QED) is 0.110. The Morgan fingerprint density at radius 3 is 1.91 bits per heavy atom. The third-order valence-electron chi connectivity index (χ3n) is 4.74. The van der Waals surface area contributed by atoms with E-state index in [0.717, 1.165) is 12.1 Å². The second kappa shape index (κ2) is 12.3. The highest BCUT2D eigenvalue weighted by molar-refractivity contribution is 8.00. The third-order valence-corrected chi connectivity index (χ3v) is 8.21. The van der Waals surface area contributed by atoms with E-state index < -0.39 is 99.9 Å². The fourth-order valence-corrected chi connectivity index (χ4v) is 5.39. The maximum atomic E-state index is 13.8. The van der Waals surface area contributed by atoms with Gasteiger partial charge in [0.05, 0.1) is 20.5 Å². The molecule has 0 spiro atoms. The van der Waals surface area contributed by atoms with Crippen molar-refractivity contribution in [3.8, 4) is 0 Å². The number of nitro groups is 1. The number of nitro benzene ring substituents is 1. The van der Waals surface area contributed by atoms with Crippen LogP contribution in [0.3, 0.4) is 0 Å². The highest BCUT2D eigenvalue weighted by atomic mass is 32.2. The van der Waals surface area contributed by atoms with E-state index in [9.17, 15) is 80.6 Å². The van der Waals surface area contributed by atoms with Crippen LogP contribution < -0.4 is 5.32 Å². The zero-order valence-corrected chi connectivity index (χ0v) is 22.3. The first-order valence-electron chi connectivity index (χ1n) is 10.3. The van der Waals surface area contributed by atoms with Crippen LogP contribution in [0, 0.1) is 10.1 Å². The van der Waals surface area contributed by atoms with Gasteiger partial charge in [-0.3, -0.25) is 14.9 Å². The van der Waals surface area contributed by atoms with E-state index in [1.54, 1.807) is 0 Å². The van der Waals surface area contributed by atoms with E-state index in [2.05, 4.69) is 0 Å². The summed E-state index contributed by atoms with van der Waals surface area (Å²) in [4.78, 5) is 19.2. The third kappa shape index (κ3) is 7.64. The van der Waals surface area contributed by atoms with Gasteiger partial charge in [-0.05, 0) is 42.1 Å². The first-order valence-corrected chi connectivity index (χ1v) is 13.3. The molecule has 1 N–H and O–H groups in total. The standard InChI is InChI=1S/C20H10F14N2O4S3/c21-15(22,17(25,26)27)19(31,32)42-10-3-1-2-9(6-10)35-14(37)8-41-13-5-4-11(7-12(13)36(38)39)43(40)20(33,34)16(23,24)18(28,29)30/h1-7H,8H2,(H,35,37). The second-order valence-electron chi connectivity index (χ2n) is 7.80. The summed E-state index contributed by atoms with van der Waals surface area (Å²) < 4.78 is 193. The van der Waals surface area contributed by atoms with Gasteiger partial charge in [-0.15, -0.1) is 11.8 Å². The fraction of sp³-hybridized carbons (Fsp3) is 0.350. The summed E-state index contributed by atoms with van der Waals surface area (Å²) in [6.07, 6.45) is -13.4. The van der Waals surface area contributed by atoms with Crippen molar-refractivity contribution in [2.75, 3.05) is 11.1 Å². The lowest BCUT2D eigenvalue weighted by atomic mass is 10.3. The minimum Gasteiger partial charge on any atom is -0.325 e. The molecule has 0 bridgehead atoms. The van der Waals surface area contributed by atoms with Crippen LogP contribution in [0.5, 0.6) is 0 Å². The van der Waals surface area contributed by atoms with Crippen LogP contribution in [-0.2, 0) is 15.6 Å². The predicted molar refractivity (Wildman–Crippen MR) is 123 cm³/mol. The number of thioether (sulfide) groups is 2. The molecular weight excluding hydrogens is 694 g/mol. The Kier molecular flexibility index (Phi) is 10.4. The van der Waals surface area contributed by atoms with E-state index in [1.165, 1.54) is 0 Å². The highest BCUT2D eigenvalue weighted by Crippen LogP contribution is 2.54. The SMILES string of the molecule is O=C(CSc1ccc(S(=O)C(F)(F)C(F)(F)C(F)(F)F)cc1[N+](=O)[O-])Nc1cccc(SC(F)(F)C(F)(F)C(F)(F)F)c1. The smallest absolute Gasteiger partial charge is 0.325 e. The number of hydrogen-bond acceptors (Lipinski definition) is 6. The van der Waals surface area contributed by atoms with Gasteiger partial charge in [0.15, 0.2) is 0 Å². The van der Waals surface area contributed by atoms with E-state index in [-0.39, 0.29) is 17.8 Å². The molecule has 0 aliphatic heterocycles. The molecule has 1 amide bonds. The molecule has 2 aromatic rings. The molecular formula is C20H10F14N2O4S3. The van der Waals surface area contributed by atoms with Crippen molar-refractivity contribution >= 4 is 51.6 Å². The Morgan fingerprint density at radius 1 is 0.837 bits per heavy atom. The topological polar surface area (TPSA) is 89.3 Å². The van der Waals surface area contributed by atoms with Gasteiger partial charge < -0.3 is 5.32 Å². The minimum absolute atomic E-state index is 0.00824. The van der Waals surface area contributed by atoms with Crippen molar-refractivity contribution in [3.63, 3.8) is 0 Å². The highest BCUT2D eigenvalue weighted by Gasteiger charge is 2.76. The van der Waals surface area contributed by atoms with Crippen LogP contribution in [0.4, 0.5) is 72.8 Å². The molecule has 6 nitrogen and oxygen atoms in total. The number of amides is 1. The summed E-state index contributed by atoms with van der Waals surface area (Å²) in [7, 11) is -4.47. The maximum absolute atomic E-state index is 13.8. The van der Waals surface area contributed by atoms with E-state index in [1.807, 2.05) is 5.32 Å². The summed E-state index contributed by atoms with van der Waals surface area (Å²) in [6.45, 7) is 0. The van der Waals surface area contributed by atoms with Crippen molar-refractivity contribution < 1.29 is 75.4 Å². The molecule has 0 aliphatic rings. The molecule has 0 aliphatic carbocycles. The number of nitrogens with one attached hydrogen (secondary N) is 1. The number of carbonyl (C=O) groups excluding carboxylic acids is 1. The lowest BCUT2D eigenvalue weighted by molar-refractivity contribution is -0.388. The predicted octanol–water partition coefficient (Wildman–Crippen LogP) is 8.11. The van der Waals surface area contributed by atoms with Crippen molar-refractivity contribution in [1.82, 2.24) is 0 Å². The van der Waals surface area contributed by atoms with Gasteiger partial charge in [0, 0.05) is 16.6 Å². The molecule has 2 rings (SSSR count). The molecule has 0 aromatic heterocycles. The summed E-state index contributed by atoms with van der Waals surface area (Å²) in [6, 6.07) is 3.96. The number of anilines is 1. The van der Waals surface area contributed by atoms with Gasteiger partial charge in [0.25, 0.3) is 5.69 Å². The Bertz CT molecular complexity index is 1400. The zero-order chi connectivity index (χ0) is 33.4. The van der Waals surface area contributed by atoms with Gasteiger partial charge in [-0.1, -0.05) is 6.07 Å². The van der Waals surface area contributed by atoms with Gasteiger partial charge >= 0.3 is 34.7 Å². The van der Waals surface area contributed by atoms with Crippen molar-refractivity contribution in [2.24, 2.45) is 0 Å². The molecule has 0 heterocycles. The Hall–Kier alpha value is -2.82. The molecule has 23 heteroatoms. The minimum atomic E-state index is -6.84. The van der Waals surface area contributed by atoms with E-state index >= 15 is 0 Å². The van der Waals surface area contributed by atoms with Crippen LogP contribution in [0.2, 0.25) is 0 Å². The summed E-state index contributed by atoms with van der Waals surface area (Å²) in [5.74, 6) is -15.2. The summed E-state index contributed by atoms with van der Waals surface area (Å²) in [5.41, 5.74) is -1.67. The average molecular weight is 704 g/mol. The normalized spacial score (nSPS) is 14.4. The van der Waals surface area contributed by atoms with Crippen molar-refractivity contribution in [3.05, 3.63) is 52.6 Å². The van der Waals surface area contributed by atoms with Gasteiger partial charge in [0.2, 0.25) is 5.91 Å². The fourth-order valence-electron chi connectivity index (χ4n) is 2.66. The first-order chi connectivity index (χ1) is 19.3. The maximum Gasteiger partial charge on any atom is 0.461 e. The number of rotatable bonds is 11. The van der Waals surface area contributed by atoms with Crippen LogP contribution >= 0.6 is 23.5 Å². The number of benzene rings is 2. The molecule has 0 fully saturated rings. The Labute approximate surface area is 240 Å². The molecule has 2 aromatic carbocycles. The van der Waals surface area contributed by atoms with Crippen LogP contribution in [0.15, 0.2) is 57.2 Å². The molecule has 0 saturated heterocycles. The molecule has 1 unspecified atom stereocenters. The van der Waals surface area contributed by atoms with Crippen molar-refractivity contribution in [1.29, 1.82) is 0 Å². The number of alkyl halides is 14. The van der Waals surface area contributed by atoms with Crippen LogP contribution in [0.1, 0.15) is 0 Å². The van der Waals surface area contributed by atoms with Gasteiger partial charge in [-0.25, -0.2) is 4.21 Å². The van der Waals surface area contributed by atoms with Gasteiger partial charge in [0.1, 0.15) is 10.8 Å².